The first-order valence-corrected chi connectivity index (χ1v) is 10.3. The van der Waals surface area contributed by atoms with Crippen LogP contribution >= 0.6 is 23.1 Å². The summed E-state index contributed by atoms with van der Waals surface area (Å²) < 4.78 is 14.9. The van der Waals surface area contributed by atoms with Crippen molar-refractivity contribution in [3.8, 4) is 5.69 Å². The molecule has 0 unspecified atom stereocenters. The third-order valence-corrected chi connectivity index (χ3v) is 6.42. The number of fused-ring (bicyclic) bond motifs is 1. The fourth-order valence-electron chi connectivity index (χ4n) is 2.78. The minimum Gasteiger partial charge on any atom is -0.268 e. The molecular weight excluding hydrogens is 355 g/mol. The molecule has 132 valence electrons. The maximum absolute atomic E-state index is 13.3. The molecule has 25 heavy (non-hydrogen) atoms. The Bertz CT molecular complexity index is 945. The Kier molecular flexibility index (Phi) is 5.59. The average molecular weight is 377 g/mol. The summed E-state index contributed by atoms with van der Waals surface area (Å²) in [5.74, 6) is 0.566. The largest absolute Gasteiger partial charge is 0.268 e. The summed E-state index contributed by atoms with van der Waals surface area (Å²) >= 11 is 3.19. The SMILES string of the molecule is CCCSc1nc2sc(CCC)c(C)c2c(=O)n1-c1ccc(F)cc1. The second-order valence-corrected chi connectivity index (χ2v) is 8.09. The van der Waals surface area contributed by atoms with Gasteiger partial charge in [0.05, 0.1) is 11.1 Å². The van der Waals surface area contributed by atoms with Crippen LogP contribution in [0.1, 0.15) is 37.1 Å². The third-order valence-electron chi connectivity index (χ3n) is 4.03. The van der Waals surface area contributed by atoms with Crippen LogP contribution in [0.15, 0.2) is 34.2 Å². The van der Waals surface area contributed by atoms with Crippen LogP contribution < -0.4 is 5.56 Å². The van der Waals surface area contributed by atoms with Crippen LogP contribution in [-0.4, -0.2) is 15.3 Å². The summed E-state index contributed by atoms with van der Waals surface area (Å²) in [5.41, 5.74) is 1.62. The van der Waals surface area contributed by atoms with Crippen LogP contribution in [0.5, 0.6) is 0 Å². The number of nitrogens with zero attached hydrogens (tertiary/aromatic N) is 2. The Morgan fingerprint density at radius 3 is 2.56 bits per heavy atom. The van der Waals surface area contributed by atoms with Crippen LogP contribution in [0.25, 0.3) is 15.9 Å². The fourth-order valence-corrected chi connectivity index (χ4v) is 4.97. The first kappa shape index (κ1) is 18.1. The molecule has 0 bridgehead atoms. The van der Waals surface area contributed by atoms with Crippen LogP contribution in [0, 0.1) is 12.7 Å². The molecule has 6 heteroatoms. The molecule has 0 aliphatic heterocycles. The lowest BCUT2D eigenvalue weighted by molar-refractivity contribution is 0.627. The number of hydrogen-bond acceptors (Lipinski definition) is 4. The van der Waals surface area contributed by atoms with E-state index in [1.165, 1.54) is 17.0 Å². The number of rotatable bonds is 6. The first-order chi connectivity index (χ1) is 12.1. The quantitative estimate of drug-likeness (QED) is 0.430. The molecule has 0 fully saturated rings. The Morgan fingerprint density at radius 1 is 1.20 bits per heavy atom. The van der Waals surface area contributed by atoms with E-state index in [0.717, 1.165) is 35.4 Å². The average Bonchev–Trinajstić information content (AvgIpc) is 2.91. The highest BCUT2D eigenvalue weighted by atomic mass is 32.2. The summed E-state index contributed by atoms with van der Waals surface area (Å²) in [5, 5.41) is 1.37. The molecule has 2 aromatic heterocycles. The number of aryl methyl sites for hydroxylation is 2. The molecule has 0 amide bonds. The van der Waals surface area contributed by atoms with Crippen LogP contribution in [0.3, 0.4) is 0 Å². The molecule has 3 aromatic rings. The predicted octanol–water partition coefficient (Wildman–Crippen LogP) is 5.35. The van der Waals surface area contributed by atoms with Gasteiger partial charge in [-0.1, -0.05) is 32.0 Å². The van der Waals surface area contributed by atoms with Gasteiger partial charge in [0, 0.05) is 10.6 Å². The highest BCUT2D eigenvalue weighted by molar-refractivity contribution is 7.99. The molecule has 0 spiro atoms. The van der Waals surface area contributed by atoms with Gasteiger partial charge in [0.2, 0.25) is 0 Å². The lowest BCUT2D eigenvalue weighted by Gasteiger charge is -2.12. The van der Waals surface area contributed by atoms with Gasteiger partial charge in [0.25, 0.3) is 5.56 Å². The Balaban J connectivity index is 2.27. The number of thioether (sulfide) groups is 1. The molecule has 0 aliphatic rings. The normalized spacial score (nSPS) is 11.4. The zero-order valence-electron chi connectivity index (χ0n) is 14.6. The molecule has 3 rings (SSSR count). The molecule has 0 N–H and O–H groups in total. The van der Waals surface area contributed by atoms with Crippen molar-refractivity contribution in [2.24, 2.45) is 0 Å². The monoisotopic (exact) mass is 376 g/mol. The number of benzene rings is 1. The van der Waals surface area contributed by atoms with Crippen molar-refractivity contribution in [3.63, 3.8) is 0 Å². The van der Waals surface area contributed by atoms with Gasteiger partial charge in [-0.2, -0.15) is 0 Å². The van der Waals surface area contributed by atoms with E-state index in [0.29, 0.717) is 16.2 Å². The van der Waals surface area contributed by atoms with Crippen molar-refractivity contribution < 1.29 is 4.39 Å². The zero-order chi connectivity index (χ0) is 18.0. The van der Waals surface area contributed by atoms with Crippen molar-refractivity contribution >= 4 is 33.3 Å². The van der Waals surface area contributed by atoms with Gasteiger partial charge in [-0.25, -0.2) is 9.37 Å². The van der Waals surface area contributed by atoms with E-state index in [1.54, 1.807) is 39.8 Å². The summed E-state index contributed by atoms with van der Waals surface area (Å²) in [4.78, 5) is 20.1. The van der Waals surface area contributed by atoms with E-state index in [9.17, 15) is 9.18 Å². The van der Waals surface area contributed by atoms with Crippen LogP contribution in [0.4, 0.5) is 4.39 Å². The zero-order valence-corrected chi connectivity index (χ0v) is 16.3. The van der Waals surface area contributed by atoms with E-state index < -0.39 is 0 Å². The molecule has 3 nitrogen and oxygen atoms in total. The van der Waals surface area contributed by atoms with E-state index in [1.807, 2.05) is 6.92 Å². The molecule has 0 saturated carbocycles. The summed E-state index contributed by atoms with van der Waals surface area (Å²) in [6.07, 6.45) is 2.99. The summed E-state index contributed by atoms with van der Waals surface area (Å²) in [7, 11) is 0. The molecular formula is C19H21FN2OS2. The number of halogens is 1. The van der Waals surface area contributed by atoms with Gasteiger partial charge in [-0.3, -0.25) is 9.36 Å². The minimum absolute atomic E-state index is 0.0636. The maximum atomic E-state index is 13.3. The van der Waals surface area contributed by atoms with E-state index in [2.05, 4.69) is 13.8 Å². The van der Waals surface area contributed by atoms with Crippen molar-refractivity contribution in [2.75, 3.05) is 5.75 Å². The summed E-state index contributed by atoms with van der Waals surface area (Å²) in [6, 6.07) is 6.02. The van der Waals surface area contributed by atoms with E-state index in [4.69, 9.17) is 4.98 Å². The van der Waals surface area contributed by atoms with Crippen LogP contribution in [0.2, 0.25) is 0 Å². The summed E-state index contributed by atoms with van der Waals surface area (Å²) in [6.45, 7) is 6.23. The van der Waals surface area contributed by atoms with E-state index >= 15 is 0 Å². The van der Waals surface area contributed by atoms with Crippen LogP contribution in [-0.2, 0) is 6.42 Å². The van der Waals surface area contributed by atoms with Gasteiger partial charge in [0.15, 0.2) is 5.16 Å². The highest BCUT2D eigenvalue weighted by Gasteiger charge is 2.18. The Hall–Kier alpha value is -1.66. The van der Waals surface area contributed by atoms with Gasteiger partial charge >= 0.3 is 0 Å². The standard InChI is InChI=1S/C19H21FN2OS2/c1-4-6-15-12(3)16-17(25-15)21-19(24-11-5-2)22(18(16)23)14-9-7-13(20)8-10-14/h7-10H,4-6,11H2,1-3H3. The Morgan fingerprint density at radius 2 is 1.92 bits per heavy atom. The highest BCUT2D eigenvalue weighted by Crippen LogP contribution is 2.31. The molecule has 1 aromatic carbocycles. The van der Waals surface area contributed by atoms with Gasteiger partial charge < -0.3 is 0 Å². The van der Waals surface area contributed by atoms with Gasteiger partial charge in [0.1, 0.15) is 10.6 Å². The number of thiophene rings is 1. The fraction of sp³-hybridized carbons (Fsp3) is 0.368. The minimum atomic E-state index is -0.314. The third kappa shape index (κ3) is 3.51. The maximum Gasteiger partial charge on any atom is 0.267 e. The second-order valence-electron chi connectivity index (χ2n) is 5.94. The molecule has 0 radical (unpaired) electrons. The molecule has 0 atom stereocenters. The van der Waals surface area contributed by atoms with Crippen molar-refractivity contribution in [3.05, 3.63) is 50.9 Å². The lowest BCUT2D eigenvalue weighted by atomic mass is 10.1. The topological polar surface area (TPSA) is 34.9 Å². The number of aromatic nitrogens is 2. The van der Waals surface area contributed by atoms with Crippen molar-refractivity contribution in [1.29, 1.82) is 0 Å². The Labute approximate surface area is 154 Å². The first-order valence-electron chi connectivity index (χ1n) is 8.50. The molecule has 2 heterocycles. The number of hydrogen-bond donors (Lipinski definition) is 0. The van der Waals surface area contributed by atoms with Crippen molar-refractivity contribution in [1.82, 2.24) is 9.55 Å². The predicted molar refractivity (Wildman–Crippen MR) is 105 cm³/mol. The van der Waals surface area contributed by atoms with E-state index in [-0.39, 0.29) is 11.4 Å². The second kappa shape index (κ2) is 7.70. The van der Waals surface area contributed by atoms with Gasteiger partial charge in [-0.05, 0) is 49.6 Å². The molecule has 0 aliphatic carbocycles. The molecule has 0 saturated heterocycles. The lowest BCUT2D eigenvalue weighted by Crippen LogP contribution is -2.21. The van der Waals surface area contributed by atoms with Gasteiger partial charge in [-0.15, -0.1) is 11.3 Å². The smallest absolute Gasteiger partial charge is 0.267 e. The van der Waals surface area contributed by atoms with Crippen molar-refractivity contribution in [2.45, 2.75) is 45.2 Å².